The zero-order valence-corrected chi connectivity index (χ0v) is 13.0. The summed E-state index contributed by atoms with van der Waals surface area (Å²) in [4.78, 5) is 4.90. The van der Waals surface area contributed by atoms with Gasteiger partial charge in [-0.1, -0.05) is 13.8 Å². The molecule has 1 aromatic heterocycles. The largest absolute Gasteiger partial charge is 0.399 e. The molecule has 2 aliphatic rings. The quantitative estimate of drug-likeness (QED) is 0.878. The van der Waals surface area contributed by atoms with Crippen LogP contribution < -0.4 is 5.73 Å². The molecular formula is C17H23N3O. The van der Waals surface area contributed by atoms with Crippen molar-refractivity contribution in [2.45, 2.75) is 51.2 Å². The van der Waals surface area contributed by atoms with Crippen LogP contribution in [0, 0.1) is 5.41 Å². The topological polar surface area (TPSA) is 53.1 Å². The first-order valence-corrected chi connectivity index (χ1v) is 7.82. The van der Waals surface area contributed by atoms with E-state index in [-0.39, 0.29) is 5.41 Å². The molecule has 0 bridgehead atoms. The van der Waals surface area contributed by atoms with Crippen LogP contribution in [0.3, 0.4) is 0 Å². The normalized spacial score (nSPS) is 27.8. The van der Waals surface area contributed by atoms with E-state index in [1.165, 1.54) is 24.2 Å². The Morgan fingerprint density at radius 3 is 2.71 bits per heavy atom. The molecule has 112 valence electrons. The van der Waals surface area contributed by atoms with Crippen LogP contribution in [0.1, 0.15) is 50.9 Å². The molecule has 2 aromatic rings. The van der Waals surface area contributed by atoms with E-state index in [1.54, 1.807) is 0 Å². The summed E-state index contributed by atoms with van der Waals surface area (Å²) in [5.41, 5.74) is 9.12. The van der Waals surface area contributed by atoms with Crippen LogP contribution in [0.15, 0.2) is 18.2 Å². The molecule has 2 unspecified atom stereocenters. The predicted octanol–water partition coefficient (Wildman–Crippen LogP) is 3.48. The van der Waals surface area contributed by atoms with Gasteiger partial charge in [-0.25, -0.2) is 4.98 Å². The maximum Gasteiger partial charge on any atom is 0.113 e. The number of imidazole rings is 1. The summed E-state index contributed by atoms with van der Waals surface area (Å²) in [6, 6.07) is 6.57. The number of nitrogens with two attached hydrogens (primary N) is 1. The summed E-state index contributed by atoms with van der Waals surface area (Å²) in [6.45, 7) is 4.60. The molecule has 4 rings (SSSR count). The number of benzene rings is 1. The molecule has 0 aliphatic heterocycles. The SMILES string of the molecule is COC1CC(n2c(C3CC3)nc3cc(N)ccc32)C1(C)C. The molecule has 2 fully saturated rings. The Morgan fingerprint density at radius 2 is 2.10 bits per heavy atom. The fourth-order valence-electron chi connectivity index (χ4n) is 3.79. The average molecular weight is 285 g/mol. The molecule has 1 aromatic carbocycles. The number of rotatable bonds is 3. The Bertz CT molecular complexity index is 699. The second kappa shape index (κ2) is 4.23. The highest BCUT2D eigenvalue weighted by Crippen LogP contribution is 2.54. The number of aromatic nitrogens is 2. The summed E-state index contributed by atoms with van der Waals surface area (Å²) in [7, 11) is 1.82. The van der Waals surface area contributed by atoms with Crippen molar-refractivity contribution in [3.8, 4) is 0 Å². The van der Waals surface area contributed by atoms with Crippen molar-refractivity contribution in [2.24, 2.45) is 5.41 Å². The van der Waals surface area contributed by atoms with Crippen LogP contribution >= 0.6 is 0 Å². The number of nitrogen functional groups attached to an aromatic ring is 1. The predicted molar refractivity (Wildman–Crippen MR) is 84.4 cm³/mol. The van der Waals surface area contributed by atoms with Crippen molar-refractivity contribution in [1.82, 2.24) is 9.55 Å². The summed E-state index contributed by atoms with van der Waals surface area (Å²) >= 11 is 0. The van der Waals surface area contributed by atoms with Crippen molar-refractivity contribution in [2.75, 3.05) is 12.8 Å². The van der Waals surface area contributed by atoms with Crippen molar-refractivity contribution in [3.05, 3.63) is 24.0 Å². The Morgan fingerprint density at radius 1 is 1.33 bits per heavy atom. The van der Waals surface area contributed by atoms with E-state index in [1.807, 2.05) is 19.2 Å². The number of hydrogen-bond acceptors (Lipinski definition) is 3. The van der Waals surface area contributed by atoms with Crippen molar-refractivity contribution >= 4 is 16.7 Å². The molecule has 0 radical (unpaired) electrons. The summed E-state index contributed by atoms with van der Waals surface area (Å²) in [5, 5.41) is 0. The van der Waals surface area contributed by atoms with Gasteiger partial charge in [-0.2, -0.15) is 0 Å². The van der Waals surface area contributed by atoms with Gasteiger partial charge in [-0.05, 0) is 37.5 Å². The lowest BCUT2D eigenvalue weighted by Crippen LogP contribution is -2.51. The van der Waals surface area contributed by atoms with Crippen molar-refractivity contribution < 1.29 is 4.74 Å². The highest BCUT2D eigenvalue weighted by atomic mass is 16.5. The Hall–Kier alpha value is -1.55. The Kier molecular flexibility index (Phi) is 2.65. The Labute approximate surface area is 125 Å². The van der Waals surface area contributed by atoms with Gasteiger partial charge < -0.3 is 15.0 Å². The maximum absolute atomic E-state index is 5.93. The third kappa shape index (κ3) is 1.81. The second-order valence-electron chi connectivity index (χ2n) is 7.16. The summed E-state index contributed by atoms with van der Waals surface area (Å²) < 4.78 is 8.10. The fourth-order valence-corrected chi connectivity index (χ4v) is 3.79. The molecule has 2 saturated carbocycles. The number of nitrogens with zero attached hydrogens (tertiary/aromatic N) is 2. The Balaban J connectivity index is 1.85. The summed E-state index contributed by atoms with van der Waals surface area (Å²) in [5.74, 6) is 1.89. The molecule has 0 spiro atoms. The van der Waals surface area contributed by atoms with Gasteiger partial charge in [0.2, 0.25) is 0 Å². The number of anilines is 1. The standard InChI is InChI=1S/C17H23N3O/c1-17(2)14(9-15(17)21-3)20-13-7-6-11(18)8-12(13)19-16(20)10-4-5-10/h6-8,10,14-15H,4-5,9,18H2,1-3H3. The van der Waals surface area contributed by atoms with E-state index in [9.17, 15) is 0 Å². The zero-order valence-electron chi connectivity index (χ0n) is 13.0. The first kappa shape index (κ1) is 13.1. The molecule has 4 nitrogen and oxygen atoms in total. The molecule has 1 heterocycles. The van der Waals surface area contributed by atoms with Crippen LogP contribution in [0.5, 0.6) is 0 Å². The lowest BCUT2D eigenvalue weighted by Gasteiger charge is -2.52. The van der Waals surface area contributed by atoms with Gasteiger partial charge >= 0.3 is 0 Å². The zero-order chi connectivity index (χ0) is 14.8. The maximum atomic E-state index is 5.93. The summed E-state index contributed by atoms with van der Waals surface area (Å²) in [6.07, 6.45) is 3.93. The van der Waals surface area contributed by atoms with E-state index in [0.29, 0.717) is 18.1 Å². The van der Waals surface area contributed by atoms with Gasteiger partial charge in [0.05, 0.1) is 17.1 Å². The number of fused-ring (bicyclic) bond motifs is 1. The van der Waals surface area contributed by atoms with Crippen LogP contribution in [0.25, 0.3) is 11.0 Å². The van der Waals surface area contributed by atoms with Crippen LogP contribution in [0.2, 0.25) is 0 Å². The highest BCUT2D eigenvalue weighted by molar-refractivity contribution is 5.80. The minimum Gasteiger partial charge on any atom is -0.399 e. The third-order valence-corrected chi connectivity index (χ3v) is 5.41. The number of methoxy groups -OCH3 is 1. The van der Waals surface area contributed by atoms with E-state index in [0.717, 1.165) is 17.6 Å². The molecule has 0 saturated heterocycles. The van der Waals surface area contributed by atoms with Gasteiger partial charge in [-0.15, -0.1) is 0 Å². The van der Waals surface area contributed by atoms with Gasteiger partial charge in [0.25, 0.3) is 0 Å². The second-order valence-corrected chi connectivity index (χ2v) is 7.16. The monoisotopic (exact) mass is 285 g/mol. The number of hydrogen-bond donors (Lipinski definition) is 1. The van der Waals surface area contributed by atoms with Gasteiger partial charge in [0.15, 0.2) is 0 Å². The van der Waals surface area contributed by atoms with E-state index in [4.69, 9.17) is 15.5 Å². The van der Waals surface area contributed by atoms with E-state index in [2.05, 4.69) is 24.5 Å². The van der Waals surface area contributed by atoms with Crippen LogP contribution in [0.4, 0.5) is 5.69 Å². The average Bonchev–Trinajstić information content (AvgIpc) is 3.21. The molecule has 2 N–H and O–H groups in total. The van der Waals surface area contributed by atoms with Gasteiger partial charge in [0, 0.05) is 30.2 Å². The molecule has 2 aliphatic carbocycles. The highest BCUT2D eigenvalue weighted by Gasteiger charge is 2.51. The van der Waals surface area contributed by atoms with Crippen molar-refractivity contribution in [3.63, 3.8) is 0 Å². The van der Waals surface area contributed by atoms with E-state index >= 15 is 0 Å². The van der Waals surface area contributed by atoms with Gasteiger partial charge in [0.1, 0.15) is 5.82 Å². The smallest absolute Gasteiger partial charge is 0.113 e. The number of ether oxygens (including phenoxy) is 1. The first-order chi connectivity index (χ1) is 10.0. The third-order valence-electron chi connectivity index (χ3n) is 5.41. The van der Waals surface area contributed by atoms with Crippen LogP contribution in [-0.4, -0.2) is 22.8 Å². The minimum atomic E-state index is 0.146. The van der Waals surface area contributed by atoms with Crippen LogP contribution in [-0.2, 0) is 4.74 Å². The van der Waals surface area contributed by atoms with E-state index < -0.39 is 0 Å². The first-order valence-electron chi connectivity index (χ1n) is 7.82. The van der Waals surface area contributed by atoms with Crippen molar-refractivity contribution in [1.29, 1.82) is 0 Å². The lowest BCUT2D eigenvalue weighted by atomic mass is 9.64. The molecule has 21 heavy (non-hydrogen) atoms. The minimum absolute atomic E-state index is 0.146. The molecule has 4 heteroatoms. The fraction of sp³-hybridized carbons (Fsp3) is 0.588. The molecule has 0 amide bonds. The van der Waals surface area contributed by atoms with Gasteiger partial charge in [-0.3, -0.25) is 0 Å². The molecule has 2 atom stereocenters. The lowest BCUT2D eigenvalue weighted by molar-refractivity contribution is -0.112. The molecular weight excluding hydrogens is 262 g/mol.